The Bertz CT molecular complexity index is 1160. The van der Waals surface area contributed by atoms with E-state index in [-0.39, 0.29) is 18.1 Å². The topological polar surface area (TPSA) is 56.2 Å². The number of anilines is 1. The molecule has 0 aliphatic rings. The van der Waals surface area contributed by atoms with E-state index < -0.39 is 0 Å². The molecular weight excluding hydrogens is 393 g/mol. The Hall–Kier alpha value is -3.93. The summed E-state index contributed by atoms with van der Waals surface area (Å²) in [6.07, 6.45) is 0.726. The second-order valence-corrected chi connectivity index (χ2v) is 7.09. The minimum Gasteiger partial charge on any atom is -0.439 e. The van der Waals surface area contributed by atoms with Gasteiger partial charge in [-0.05, 0) is 61.9 Å². The number of nitrogens with zero attached hydrogens (tertiary/aromatic N) is 2. The molecule has 5 nitrogen and oxygen atoms in total. The van der Waals surface area contributed by atoms with E-state index in [4.69, 9.17) is 4.74 Å². The van der Waals surface area contributed by atoms with E-state index in [2.05, 4.69) is 10.4 Å². The number of nitrogens with one attached hydrogen (secondary N) is 1. The first-order valence-electron chi connectivity index (χ1n) is 10.0. The number of hydrogen-bond donors (Lipinski definition) is 1. The van der Waals surface area contributed by atoms with Crippen molar-refractivity contribution >= 4 is 11.6 Å². The van der Waals surface area contributed by atoms with Gasteiger partial charge in [0.05, 0.1) is 11.4 Å². The van der Waals surface area contributed by atoms with Crippen LogP contribution in [0.5, 0.6) is 11.6 Å². The number of hydrogen-bond acceptors (Lipinski definition) is 3. The molecule has 0 fully saturated rings. The first-order chi connectivity index (χ1) is 15.1. The molecule has 0 spiro atoms. The maximum absolute atomic E-state index is 13.3. The zero-order valence-electron chi connectivity index (χ0n) is 17.1. The van der Waals surface area contributed by atoms with E-state index in [1.807, 2.05) is 67.6 Å². The van der Waals surface area contributed by atoms with Crippen molar-refractivity contribution in [2.75, 3.05) is 5.32 Å². The number of aromatic nitrogens is 2. The van der Waals surface area contributed by atoms with Gasteiger partial charge in [-0.25, -0.2) is 9.07 Å². The molecule has 6 heteroatoms. The zero-order valence-corrected chi connectivity index (χ0v) is 17.1. The third-order valence-corrected chi connectivity index (χ3v) is 4.83. The molecule has 1 aromatic heterocycles. The zero-order chi connectivity index (χ0) is 21.6. The van der Waals surface area contributed by atoms with Crippen molar-refractivity contribution in [2.45, 2.75) is 19.8 Å². The van der Waals surface area contributed by atoms with Crippen molar-refractivity contribution in [1.29, 1.82) is 0 Å². The second-order valence-electron chi connectivity index (χ2n) is 7.09. The Balaban J connectivity index is 1.60. The summed E-state index contributed by atoms with van der Waals surface area (Å²) in [5.74, 6) is 0.583. The molecule has 1 heterocycles. The maximum Gasteiger partial charge on any atom is 0.226 e. The van der Waals surface area contributed by atoms with Crippen LogP contribution in [0.3, 0.4) is 0 Å². The van der Waals surface area contributed by atoms with Crippen LogP contribution in [0.2, 0.25) is 0 Å². The van der Waals surface area contributed by atoms with Gasteiger partial charge in [0.2, 0.25) is 11.8 Å². The highest BCUT2D eigenvalue weighted by Crippen LogP contribution is 2.31. The largest absolute Gasteiger partial charge is 0.439 e. The van der Waals surface area contributed by atoms with Gasteiger partial charge in [0.1, 0.15) is 11.6 Å². The first kappa shape index (κ1) is 20.3. The molecule has 156 valence electrons. The van der Waals surface area contributed by atoms with E-state index in [9.17, 15) is 9.18 Å². The molecule has 4 rings (SSSR count). The van der Waals surface area contributed by atoms with E-state index in [0.29, 0.717) is 18.1 Å². The van der Waals surface area contributed by atoms with Gasteiger partial charge in [-0.15, -0.1) is 0 Å². The van der Waals surface area contributed by atoms with E-state index >= 15 is 0 Å². The fourth-order valence-electron chi connectivity index (χ4n) is 3.27. The van der Waals surface area contributed by atoms with Crippen LogP contribution in [-0.4, -0.2) is 15.7 Å². The van der Waals surface area contributed by atoms with Gasteiger partial charge in [-0.1, -0.05) is 36.4 Å². The Morgan fingerprint density at radius 1 is 0.968 bits per heavy atom. The fraction of sp³-hybridized carbons (Fsp3) is 0.120. The summed E-state index contributed by atoms with van der Waals surface area (Å²) in [7, 11) is 0. The number of carbonyl (C=O) groups is 1. The lowest BCUT2D eigenvalue weighted by molar-refractivity contribution is -0.116. The molecule has 0 bridgehead atoms. The number of rotatable bonds is 7. The predicted octanol–water partition coefficient (Wildman–Crippen LogP) is 5.68. The second kappa shape index (κ2) is 9.26. The Morgan fingerprint density at radius 2 is 1.61 bits per heavy atom. The van der Waals surface area contributed by atoms with Crippen LogP contribution in [0.1, 0.15) is 17.7 Å². The molecule has 0 atom stereocenters. The Labute approximate surface area is 180 Å². The van der Waals surface area contributed by atoms with Crippen LogP contribution in [0, 0.1) is 12.7 Å². The molecule has 31 heavy (non-hydrogen) atoms. The van der Waals surface area contributed by atoms with Crippen LogP contribution in [0.25, 0.3) is 5.69 Å². The molecule has 1 amide bonds. The molecular formula is C25H22FN3O2. The van der Waals surface area contributed by atoms with Crippen molar-refractivity contribution < 1.29 is 13.9 Å². The number of para-hydroxylation sites is 2. The normalized spacial score (nSPS) is 10.6. The summed E-state index contributed by atoms with van der Waals surface area (Å²) in [6.45, 7) is 1.89. The molecule has 3 aromatic carbocycles. The third kappa shape index (κ3) is 4.98. The van der Waals surface area contributed by atoms with E-state index in [1.165, 1.54) is 12.1 Å². The minimum atomic E-state index is -0.335. The van der Waals surface area contributed by atoms with Crippen LogP contribution in [0.15, 0.2) is 84.9 Å². The van der Waals surface area contributed by atoms with Crippen molar-refractivity contribution in [2.24, 2.45) is 0 Å². The highest BCUT2D eigenvalue weighted by Gasteiger charge is 2.20. The van der Waals surface area contributed by atoms with Gasteiger partial charge in [-0.3, -0.25) is 4.79 Å². The van der Waals surface area contributed by atoms with Crippen molar-refractivity contribution in [3.63, 3.8) is 0 Å². The number of benzene rings is 3. The Morgan fingerprint density at radius 3 is 2.29 bits per heavy atom. The molecule has 0 radical (unpaired) electrons. The summed E-state index contributed by atoms with van der Waals surface area (Å²) < 4.78 is 21.2. The van der Waals surface area contributed by atoms with Gasteiger partial charge in [0.15, 0.2) is 0 Å². The predicted molar refractivity (Wildman–Crippen MR) is 118 cm³/mol. The van der Waals surface area contributed by atoms with Crippen LogP contribution in [-0.2, 0) is 11.2 Å². The van der Waals surface area contributed by atoms with Gasteiger partial charge in [-0.2, -0.15) is 5.10 Å². The maximum atomic E-state index is 13.3. The lowest BCUT2D eigenvalue weighted by Gasteiger charge is -2.11. The van der Waals surface area contributed by atoms with Gasteiger partial charge in [0, 0.05) is 17.7 Å². The molecule has 0 aliphatic heterocycles. The summed E-state index contributed by atoms with van der Waals surface area (Å²) in [4.78, 5) is 12.5. The number of carbonyl (C=O) groups excluding carboxylic acids is 1. The van der Waals surface area contributed by atoms with Crippen molar-refractivity contribution in [1.82, 2.24) is 9.78 Å². The molecule has 0 saturated heterocycles. The fourth-order valence-corrected chi connectivity index (χ4v) is 3.27. The highest BCUT2D eigenvalue weighted by molar-refractivity contribution is 5.90. The van der Waals surface area contributed by atoms with E-state index in [1.54, 1.807) is 16.8 Å². The first-order valence-corrected chi connectivity index (χ1v) is 10.0. The lowest BCUT2D eigenvalue weighted by Crippen LogP contribution is -2.12. The van der Waals surface area contributed by atoms with E-state index in [0.717, 1.165) is 22.6 Å². The number of ether oxygens (including phenoxy) is 1. The average molecular weight is 415 g/mol. The number of amides is 1. The molecule has 0 unspecified atom stereocenters. The summed E-state index contributed by atoms with van der Waals surface area (Å²) in [6, 6.07) is 24.8. The van der Waals surface area contributed by atoms with Gasteiger partial charge >= 0.3 is 0 Å². The third-order valence-electron chi connectivity index (χ3n) is 4.83. The van der Waals surface area contributed by atoms with Crippen LogP contribution >= 0.6 is 0 Å². The monoisotopic (exact) mass is 415 g/mol. The molecule has 1 N–H and O–H groups in total. The molecule has 4 aromatic rings. The van der Waals surface area contributed by atoms with Crippen molar-refractivity contribution in [3.05, 3.63) is 102 Å². The number of halogens is 1. The highest BCUT2D eigenvalue weighted by atomic mass is 19.1. The summed E-state index contributed by atoms with van der Waals surface area (Å²) in [5, 5.41) is 7.54. The summed E-state index contributed by atoms with van der Waals surface area (Å²) in [5.41, 5.74) is 3.19. The lowest BCUT2D eigenvalue weighted by atomic mass is 10.1. The van der Waals surface area contributed by atoms with Crippen molar-refractivity contribution in [3.8, 4) is 17.3 Å². The average Bonchev–Trinajstić information content (AvgIpc) is 3.10. The molecule has 0 saturated carbocycles. The van der Waals surface area contributed by atoms with Crippen LogP contribution in [0.4, 0.5) is 10.1 Å². The van der Waals surface area contributed by atoms with Crippen LogP contribution < -0.4 is 10.1 Å². The van der Waals surface area contributed by atoms with Gasteiger partial charge < -0.3 is 10.1 Å². The van der Waals surface area contributed by atoms with Gasteiger partial charge in [0.25, 0.3) is 0 Å². The standard InChI is InChI=1S/C25H22FN3O2/c1-18-23(16-17-24(30)27-20-8-4-2-5-9-20)25(31-22-14-12-19(26)13-15-22)29(28-18)21-10-6-3-7-11-21/h2-15H,16-17H2,1H3,(H,27,30). The SMILES string of the molecule is Cc1nn(-c2ccccc2)c(Oc2ccc(F)cc2)c1CCC(=O)Nc1ccccc1. The molecule has 0 aliphatic carbocycles. The Kier molecular flexibility index (Phi) is 6.08. The smallest absolute Gasteiger partial charge is 0.226 e. The minimum absolute atomic E-state index is 0.0919. The summed E-state index contributed by atoms with van der Waals surface area (Å²) >= 11 is 0. The quantitative estimate of drug-likeness (QED) is 0.422. The number of aryl methyl sites for hydroxylation is 1.